The minimum Gasteiger partial charge on any atom is -0.394 e. The fourth-order valence-electron chi connectivity index (χ4n) is 2.52. The van der Waals surface area contributed by atoms with Gasteiger partial charge in [0.15, 0.2) is 6.29 Å². The van der Waals surface area contributed by atoms with Crippen LogP contribution >= 0.6 is 0 Å². The number of ether oxygens (including phenoxy) is 3. The highest BCUT2D eigenvalue weighted by molar-refractivity contribution is 4.93. The van der Waals surface area contributed by atoms with Crippen LogP contribution in [0.15, 0.2) is 0 Å². The Morgan fingerprint density at radius 1 is 0.739 bits per heavy atom. The van der Waals surface area contributed by atoms with E-state index in [4.69, 9.17) is 19.7 Å². The second-order valence-electron chi connectivity index (χ2n) is 5.49. The molecule has 0 aromatic heterocycles. The Kier molecular flexibility index (Phi) is 6.24. The Bertz CT molecular complexity index is 385. The quantitative estimate of drug-likeness (QED) is 0.264. The fraction of sp³-hybridized carbons (Fsp3) is 1.00. The first kappa shape index (κ1) is 18.9. The van der Waals surface area contributed by atoms with Crippen LogP contribution in [0.25, 0.3) is 0 Å². The molecule has 11 heteroatoms. The number of hydrogen-bond acceptors (Lipinski definition) is 10. The molecular formula is C12H21FO10. The summed E-state index contributed by atoms with van der Waals surface area (Å²) in [6.45, 7) is -1.44. The number of aliphatic hydroxyl groups is 7. The van der Waals surface area contributed by atoms with Gasteiger partial charge in [0.05, 0.1) is 13.2 Å². The highest BCUT2D eigenvalue weighted by atomic mass is 19.1. The molecule has 7 N–H and O–H groups in total. The molecule has 0 unspecified atom stereocenters. The Hall–Kier alpha value is -0.470. The fourth-order valence-corrected chi connectivity index (χ4v) is 2.52. The Morgan fingerprint density at radius 2 is 1.26 bits per heavy atom. The van der Waals surface area contributed by atoms with Crippen LogP contribution in [0.1, 0.15) is 0 Å². The van der Waals surface area contributed by atoms with Gasteiger partial charge in [0.2, 0.25) is 6.36 Å². The van der Waals surface area contributed by atoms with Crippen molar-refractivity contribution in [3.8, 4) is 0 Å². The van der Waals surface area contributed by atoms with Gasteiger partial charge in [-0.1, -0.05) is 0 Å². The number of aliphatic hydroxyl groups excluding tert-OH is 7. The van der Waals surface area contributed by atoms with Crippen molar-refractivity contribution in [1.82, 2.24) is 0 Å². The third kappa shape index (κ3) is 3.64. The van der Waals surface area contributed by atoms with Crippen molar-refractivity contribution in [2.24, 2.45) is 0 Å². The molecule has 136 valence electrons. The van der Waals surface area contributed by atoms with Crippen LogP contribution in [-0.4, -0.2) is 110 Å². The van der Waals surface area contributed by atoms with Crippen molar-refractivity contribution < 1.29 is 54.3 Å². The molecule has 2 rings (SSSR count). The zero-order valence-electron chi connectivity index (χ0n) is 11.9. The molecule has 0 aliphatic carbocycles. The Balaban J connectivity index is 2.08. The van der Waals surface area contributed by atoms with Gasteiger partial charge in [-0.3, -0.25) is 0 Å². The monoisotopic (exact) mass is 344 g/mol. The molecule has 0 aromatic carbocycles. The summed E-state index contributed by atoms with van der Waals surface area (Å²) in [5, 5.41) is 66.6. The molecule has 0 aromatic rings. The van der Waals surface area contributed by atoms with Crippen LogP contribution in [0.5, 0.6) is 0 Å². The first-order valence-electron chi connectivity index (χ1n) is 7.04. The predicted octanol–water partition coefficient (Wildman–Crippen LogP) is -4.42. The van der Waals surface area contributed by atoms with Gasteiger partial charge in [0.1, 0.15) is 48.8 Å². The van der Waals surface area contributed by atoms with Gasteiger partial charge in [0, 0.05) is 0 Å². The summed E-state index contributed by atoms with van der Waals surface area (Å²) in [5.74, 6) is 0. The summed E-state index contributed by atoms with van der Waals surface area (Å²) >= 11 is 0. The lowest BCUT2D eigenvalue weighted by Gasteiger charge is -2.44. The lowest BCUT2D eigenvalue weighted by Crippen LogP contribution is -2.63. The molecule has 2 fully saturated rings. The molecule has 10 atom stereocenters. The minimum atomic E-state index is -2.25. The second kappa shape index (κ2) is 7.61. The summed E-state index contributed by atoms with van der Waals surface area (Å²) in [4.78, 5) is 0. The molecule has 0 radical (unpaired) electrons. The zero-order valence-corrected chi connectivity index (χ0v) is 11.9. The normalized spacial score (nSPS) is 51.7. The van der Waals surface area contributed by atoms with Crippen LogP contribution in [0.2, 0.25) is 0 Å². The van der Waals surface area contributed by atoms with Crippen molar-refractivity contribution in [2.75, 3.05) is 13.2 Å². The molecule has 2 heterocycles. The van der Waals surface area contributed by atoms with E-state index in [1.54, 1.807) is 0 Å². The maximum absolute atomic E-state index is 13.9. The van der Waals surface area contributed by atoms with E-state index in [9.17, 15) is 29.9 Å². The van der Waals surface area contributed by atoms with Gasteiger partial charge >= 0.3 is 0 Å². The molecule has 0 saturated carbocycles. The summed E-state index contributed by atoms with van der Waals surface area (Å²) in [6.07, 6.45) is -16.9. The van der Waals surface area contributed by atoms with Gasteiger partial charge in [-0.15, -0.1) is 0 Å². The largest absolute Gasteiger partial charge is 0.394 e. The summed E-state index contributed by atoms with van der Waals surface area (Å²) in [7, 11) is 0. The highest BCUT2D eigenvalue weighted by Gasteiger charge is 2.50. The van der Waals surface area contributed by atoms with Crippen LogP contribution in [0, 0.1) is 0 Å². The van der Waals surface area contributed by atoms with Crippen molar-refractivity contribution >= 4 is 0 Å². The third-order valence-corrected chi connectivity index (χ3v) is 3.95. The predicted molar refractivity (Wildman–Crippen MR) is 67.5 cm³/mol. The second-order valence-corrected chi connectivity index (χ2v) is 5.49. The number of hydrogen-bond donors (Lipinski definition) is 7. The van der Waals surface area contributed by atoms with Crippen molar-refractivity contribution in [3.05, 3.63) is 0 Å². The summed E-state index contributed by atoms with van der Waals surface area (Å²) < 4.78 is 28.6. The van der Waals surface area contributed by atoms with E-state index in [1.807, 2.05) is 0 Å². The van der Waals surface area contributed by atoms with E-state index in [0.29, 0.717) is 0 Å². The number of rotatable bonds is 4. The van der Waals surface area contributed by atoms with E-state index in [-0.39, 0.29) is 0 Å². The molecule has 2 aliphatic heterocycles. The van der Waals surface area contributed by atoms with Gasteiger partial charge < -0.3 is 50.0 Å². The van der Waals surface area contributed by atoms with Crippen LogP contribution < -0.4 is 0 Å². The summed E-state index contributed by atoms with van der Waals surface area (Å²) in [5.41, 5.74) is 0. The molecule has 2 aliphatic rings. The molecule has 0 bridgehead atoms. The lowest BCUT2D eigenvalue weighted by molar-refractivity contribution is -0.352. The van der Waals surface area contributed by atoms with Gasteiger partial charge in [0.25, 0.3) is 0 Å². The highest BCUT2D eigenvalue weighted by Crippen LogP contribution is 2.29. The van der Waals surface area contributed by atoms with Crippen LogP contribution in [0.3, 0.4) is 0 Å². The van der Waals surface area contributed by atoms with Gasteiger partial charge in [-0.05, 0) is 0 Å². The van der Waals surface area contributed by atoms with Gasteiger partial charge in [-0.25, -0.2) is 4.39 Å². The lowest BCUT2D eigenvalue weighted by atomic mass is 9.97. The van der Waals surface area contributed by atoms with Crippen molar-refractivity contribution in [1.29, 1.82) is 0 Å². The average Bonchev–Trinajstić information content (AvgIpc) is 2.54. The zero-order chi connectivity index (χ0) is 17.3. The van der Waals surface area contributed by atoms with E-state index in [1.165, 1.54) is 0 Å². The minimum absolute atomic E-state index is 0.706. The number of halogens is 1. The Labute approximate surface area is 130 Å². The topological polar surface area (TPSA) is 169 Å². The molecule has 0 amide bonds. The van der Waals surface area contributed by atoms with E-state index in [0.717, 1.165) is 0 Å². The molecule has 2 saturated heterocycles. The molecular weight excluding hydrogens is 323 g/mol. The average molecular weight is 344 g/mol. The third-order valence-electron chi connectivity index (χ3n) is 3.95. The number of alkyl halides is 1. The first-order chi connectivity index (χ1) is 10.8. The van der Waals surface area contributed by atoms with Gasteiger partial charge in [-0.2, -0.15) is 0 Å². The SMILES string of the molecule is OC[C@H]1O[C@H](O[C@@H]2[C@@H](O)[C@@H](O)[C@@H](CO)O[C@@H]2F)[C@H](O)[C@@H](O)[C@H]1O. The molecule has 0 spiro atoms. The maximum atomic E-state index is 13.9. The summed E-state index contributed by atoms with van der Waals surface area (Å²) in [6, 6.07) is 0. The van der Waals surface area contributed by atoms with Crippen molar-refractivity contribution in [2.45, 2.75) is 61.5 Å². The Morgan fingerprint density at radius 3 is 1.83 bits per heavy atom. The van der Waals surface area contributed by atoms with E-state index >= 15 is 0 Å². The maximum Gasteiger partial charge on any atom is 0.228 e. The van der Waals surface area contributed by atoms with Crippen LogP contribution in [0.4, 0.5) is 4.39 Å². The standard InChI is InChI=1S/C12H21FO10/c13-11-10(8(19)6(17)3(1-14)21-11)23-12-9(20)7(18)5(16)4(2-15)22-12/h3-12,14-20H,1-2H2/t3-,4-,5+,6+,7+,8+,9-,10-,11+,12-/m1/s1. The van der Waals surface area contributed by atoms with E-state index < -0.39 is 74.7 Å². The molecule has 10 nitrogen and oxygen atoms in total. The van der Waals surface area contributed by atoms with E-state index in [2.05, 4.69) is 4.74 Å². The van der Waals surface area contributed by atoms with Crippen LogP contribution in [-0.2, 0) is 14.2 Å². The first-order valence-corrected chi connectivity index (χ1v) is 7.04. The smallest absolute Gasteiger partial charge is 0.228 e. The molecule has 23 heavy (non-hydrogen) atoms. The van der Waals surface area contributed by atoms with Crippen molar-refractivity contribution in [3.63, 3.8) is 0 Å².